The van der Waals surface area contributed by atoms with Crippen molar-refractivity contribution in [2.75, 3.05) is 31.5 Å². The molecule has 1 N–H and O–H groups in total. The lowest BCUT2D eigenvalue weighted by atomic mass is 9.94. The maximum atomic E-state index is 13.3. The van der Waals surface area contributed by atoms with Gasteiger partial charge in [-0.25, -0.2) is 8.42 Å². The van der Waals surface area contributed by atoms with E-state index in [0.29, 0.717) is 18.8 Å². The highest BCUT2D eigenvalue weighted by Gasteiger charge is 2.53. The van der Waals surface area contributed by atoms with E-state index in [-0.39, 0.29) is 40.6 Å². The third-order valence-corrected chi connectivity index (χ3v) is 8.96. The lowest BCUT2D eigenvalue weighted by Gasteiger charge is -2.36. The molecule has 2 heterocycles. The number of benzene rings is 2. The van der Waals surface area contributed by atoms with Crippen molar-refractivity contribution in [3.05, 3.63) is 53.1 Å². The molecule has 0 spiro atoms. The topological polar surface area (TPSA) is 96.0 Å². The smallest absolute Gasteiger partial charge is 0.265 e. The van der Waals surface area contributed by atoms with Crippen molar-refractivity contribution in [3.8, 4) is 5.75 Å². The van der Waals surface area contributed by atoms with Crippen LogP contribution >= 0.6 is 11.6 Å². The van der Waals surface area contributed by atoms with Crippen LogP contribution in [-0.2, 0) is 25.0 Å². The van der Waals surface area contributed by atoms with Gasteiger partial charge in [0.2, 0.25) is 15.9 Å². The summed E-state index contributed by atoms with van der Waals surface area (Å²) in [5.74, 6) is 0.00650. The maximum absolute atomic E-state index is 13.3. The lowest BCUT2D eigenvalue weighted by molar-refractivity contribution is -0.135. The number of ether oxygens (including phenoxy) is 1. The molecule has 2 aromatic carbocycles. The average Bonchev–Trinajstić information content (AvgIpc) is 3.62. The molecule has 0 bridgehead atoms. The molecule has 10 heteroatoms. The quantitative estimate of drug-likeness (QED) is 0.712. The highest BCUT2D eigenvalue weighted by Crippen LogP contribution is 2.49. The largest absolute Gasteiger partial charge is 0.479 e. The molecule has 1 atom stereocenters. The number of carbonyl (C=O) groups is 2. The summed E-state index contributed by atoms with van der Waals surface area (Å²) in [5, 5.41) is 2.67. The third kappa shape index (κ3) is 3.78. The molecule has 1 aliphatic carbocycles. The minimum Gasteiger partial charge on any atom is -0.479 e. The number of rotatable bonds is 4. The molecular formula is C23H24ClN3O5S. The average molecular weight is 490 g/mol. The fraction of sp³-hybridized carbons (Fsp3) is 0.391. The SMILES string of the molecule is CC1Oc2cc(S(=O)(=O)N3CCN(C(=O)C4(c5ccccc5)CC4)CC3)c(Cl)cc2NC1=O. The Morgan fingerprint density at radius 2 is 1.79 bits per heavy atom. The van der Waals surface area contributed by atoms with Gasteiger partial charge in [-0.2, -0.15) is 4.31 Å². The van der Waals surface area contributed by atoms with E-state index in [9.17, 15) is 18.0 Å². The summed E-state index contributed by atoms with van der Waals surface area (Å²) >= 11 is 6.29. The van der Waals surface area contributed by atoms with Gasteiger partial charge in [-0.05, 0) is 31.4 Å². The summed E-state index contributed by atoms with van der Waals surface area (Å²) in [6.45, 7) is 2.58. The van der Waals surface area contributed by atoms with Crippen molar-refractivity contribution in [1.82, 2.24) is 9.21 Å². The summed E-state index contributed by atoms with van der Waals surface area (Å²) in [6.07, 6.45) is 0.894. The van der Waals surface area contributed by atoms with Gasteiger partial charge in [0.25, 0.3) is 5.91 Å². The highest BCUT2D eigenvalue weighted by molar-refractivity contribution is 7.89. The Hall–Kier alpha value is -2.62. The Labute approximate surface area is 197 Å². The summed E-state index contributed by atoms with van der Waals surface area (Å²) < 4.78 is 33.6. The van der Waals surface area contributed by atoms with Crippen molar-refractivity contribution in [1.29, 1.82) is 0 Å². The molecule has 0 aromatic heterocycles. The molecule has 8 nitrogen and oxygen atoms in total. The molecule has 2 amide bonds. The zero-order chi connectivity index (χ0) is 23.4. The molecule has 2 fully saturated rings. The number of hydrogen-bond donors (Lipinski definition) is 1. The molecule has 2 aliphatic heterocycles. The van der Waals surface area contributed by atoms with Crippen molar-refractivity contribution >= 4 is 39.1 Å². The second-order valence-electron chi connectivity index (χ2n) is 8.67. The first kappa shape index (κ1) is 22.2. The van der Waals surface area contributed by atoms with E-state index in [2.05, 4.69) is 5.32 Å². The maximum Gasteiger partial charge on any atom is 0.265 e. The summed E-state index contributed by atoms with van der Waals surface area (Å²) in [7, 11) is -3.91. The first-order valence-corrected chi connectivity index (χ1v) is 12.7. The van der Waals surface area contributed by atoms with Gasteiger partial charge in [0.15, 0.2) is 6.10 Å². The summed E-state index contributed by atoms with van der Waals surface area (Å²) in [4.78, 5) is 26.8. The molecule has 0 radical (unpaired) electrons. The predicted molar refractivity (Wildman–Crippen MR) is 123 cm³/mol. The van der Waals surface area contributed by atoms with Gasteiger partial charge in [-0.15, -0.1) is 0 Å². The predicted octanol–water partition coefficient (Wildman–Crippen LogP) is 2.62. The van der Waals surface area contributed by atoms with Crippen LogP contribution in [-0.4, -0.2) is 61.7 Å². The fourth-order valence-corrected chi connectivity index (χ4v) is 6.43. The zero-order valence-electron chi connectivity index (χ0n) is 18.1. The van der Waals surface area contributed by atoms with E-state index >= 15 is 0 Å². The molecule has 1 unspecified atom stereocenters. The molecule has 174 valence electrons. The number of sulfonamides is 1. The van der Waals surface area contributed by atoms with Gasteiger partial charge < -0.3 is 15.0 Å². The van der Waals surface area contributed by atoms with Gasteiger partial charge >= 0.3 is 0 Å². The first-order valence-electron chi connectivity index (χ1n) is 10.9. The van der Waals surface area contributed by atoms with E-state index in [0.717, 1.165) is 18.4 Å². The number of piperazine rings is 1. The van der Waals surface area contributed by atoms with Crippen LogP contribution in [0.2, 0.25) is 5.02 Å². The second kappa shape index (κ2) is 8.00. The van der Waals surface area contributed by atoms with E-state index < -0.39 is 21.5 Å². The van der Waals surface area contributed by atoms with Gasteiger partial charge in [-0.3, -0.25) is 9.59 Å². The van der Waals surface area contributed by atoms with Crippen molar-refractivity contribution in [2.24, 2.45) is 0 Å². The van der Waals surface area contributed by atoms with Crippen LogP contribution in [0.4, 0.5) is 5.69 Å². The summed E-state index contributed by atoms with van der Waals surface area (Å²) in [5.41, 5.74) is 0.892. The number of nitrogens with one attached hydrogen (secondary N) is 1. The molecule has 5 rings (SSSR count). The van der Waals surface area contributed by atoms with Crippen LogP contribution in [0.1, 0.15) is 25.3 Å². The van der Waals surface area contributed by atoms with E-state index in [1.54, 1.807) is 11.8 Å². The van der Waals surface area contributed by atoms with Crippen LogP contribution in [0.25, 0.3) is 0 Å². The fourth-order valence-electron chi connectivity index (χ4n) is 4.49. The summed E-state index contributed by atoms with van der Waals surface area (Å²) in [6, 6.07) is 12.5. The first-order chi connectivity index (χ1) is 15.7. The molecular weight excluding hydrogens is 466 g/mol. The van der Waals surface area contributed by atoms with Crippen LogP contribution < -0.4 is 10.1 Å². The number of anilines is 1. The molecule has 1 saturated heterocycles. The Kier molecular flexibility index (Phi) is 5.38. The minimum absolute atomic E-state index is 0.00622. The van der Waals surface area contributed by atoms with Gasteiger partial charge in [0.1, 0.15) is 10.6 Å². The van der Waals surface area contributed by atoms with Crippen molar-refractivity contribution < 1.29 is 22.7 Å². The van der Waals surface area contributed by atoms with E-state index in [1.165, 1.54) is 16.4 Å². The van der Waals surface area contributed by atoms with E-state index in [4.69, 9.17) is 16.3 Å². The zero-order valence-corrected chi connectivity index (χ0v) is 19.7. The monoisotopic (exact) mass is 489 g/mol. The van der Waals surface area contributed by atoms with Crippen LogP contribution in [0.15, 0.2) is 47.4 Å². The minimum atomic E-state index is -3.91. The Morgan fingerprint density at radius 3 is 2.42 bits per heavy atom. The number of carbonyl (C=O) groups excluding carboxylic acids is 2. The molecule has 1 saturated carbocycles. The van der Waals surface area contributed by atoms with Gasteiger partial charge in [-0.1, -0.05) is 41.9 Å². The van der Waals surface area contributed by atoms with Crippen LogP contribution in [0.5, 0.6) is 5.75 Å². The van der Waals surface area contributed by atoms with Gasteiger partial charge in [0.05, 0.1) is 16.1 Å². The standard InChI is InChI=1S/C23H24ClN3O5S/c1-15-21(28)25-18-13-17(24)20(14-19(18)32-15)33(30,31)27-11-9-26(10-12-27)22(29)23(7-8-23)16-5-3-2-4-6-16/h2-6,13-15H,7-12H2,1H3,(H,25,28). The molecule has 3 aliphatic rings. The van der Waals surface area contributed by atoms with Crippen LogP contribution in [0, 0.1) is 0 Å². The number of halogens is 1. The van der Waals surface area contributed by atoms with Crippen molar-refractivity contribution in [3.63, 3.8) is 0 Å². The molecule has 2 aromatic rings. The third-order valence-electron chi connectivity index (χ3n) is 6.59. The van der Waals surface area contributed by atoms with Crippen molar-refractivity contribution in [2.45, 2.75) is 36.2 Å². The highest BCUT2D eigenvalue weighted by atomic mass is 35.5. The molecule has 33 heavy (non-hydrogen) atoms. The Morgan fingerprint density at radius 1 is 1.12 bits per heavy atom. The van der Waals surface area contributed by atoms with E-state index in [1.807, 2.05) is 30.3 Å². The van der Waals surface area contributed by atoms with Crippen LogP contribution in [0.3, 0.4) is 0 Å². The lowest BCUT2D eigenvalue weighted by Crippen LogP contribution is -2.52. The Bertz CT molecular complexity index is 1220. The number of nitrogens with zero attached hydrogens (tertiary/aromatic N) is 2. The number of amides is 2. The normalized spacial score (nSPS) is 22.2. The Balaban J connectivity index is 1.32. The van der Waals surface area contributed by atoms with Gasteiger partial charge in [0, 0.05) is 32.2 Å². The number of hydrogen-bond acceptors (Lipinski definition) is 5. The number of fused-ring (bicyclic) bond motifs is 1. The second-order valence-corrected chi connectivity index (χ2v) is 11.0.